The largest absolute Gasteiger partial charge is 0.512 e. The Morgan fingerprint density at radius 2 is 2.18 bits per heavy atom. The van der Waals surface area contributed by atoms with Gasteiger partial charge in [-0.25, -0.2) is 0 Å². The molecule has 0 unspecified atom stereocenters. The quantitative estimate of drug-likeness (QED) is 0.521. The zero-order valence-corrected chi connectivity index (χ0v) is 7.39. The van der Waals surface area contributed by atoms with Crippen molar-refractivity contribution in [1.29, 1.82) is 0 Å². The third-order valence-electron chi connectivity index (χ3n) is 0.767. The average molecular weight is 180 g/mol. The van der Waals surface area contributed by atoms with Crippen LogP contribution in [0, 0.1) is 0 Å². The molecule has 0 radical (unpaired) electrons. The van der Waals surface area contributed by atoms with Crippen molar-refractivity contribution in [2.24, 2.45) is 0 Å². The van der Waals surface area contributed by atoms with Crippen LogP contribution in [-0.2, 0) is 14.3 Å². The Balaban J connectivity index is 4.14. The number of hydrogen-bond donors (Lipinski definition) is 1. The number of aliphatic hydroxyl groups is 1. The van der Waals surface area contributed by atoms with E-state index in [1.165, 1.54) is 6.92 Å². The topological polar surface area (TPSA) is 63.6 Å². The van der Waals surface area contributed by atoms with Gasteiger partial charge in [-0.3, -0.25) is 4.18 Å². The molecule has 0 aliphatic heterocycles. The first kappa shape index (κ1) is 10.4. The molecule has 0 aliphatic carbocycles. The van der Waals surface area contributed by atoms with E-state index in [2.05, 4.69) is 4.18 Å². The van der Waals surface area contributed by atoms with Crippen LogP contribution >= 0.6 is 0 Å². The molecule has 0 saturated carbocycles. The van der Waals surface area contributed by atoms with Gasteiger partial charge < -0.3 is 5.11 Å². The van der Waals surface area contributed by atoms with Crippen LogP contribution in [0.5, 0.6) is 0 Å². The SMILES string of the molecule is CCCOS(=O)(=O)C=C(C)O. The molecule has 0 aromatic heterocycles. The predicted octanol–water partition coefficient (Wildman–Crippen LogP) is 1.16. The second-order valence-electron chi connectivity index (χ2n) is 2.07. The minimum Gasteiger partial charge on any atom is -0.512 e. The fourth-order valence-electron chi connectivity index (χ4n) is 0.442. The van der Waals surface area contributed by atoms with Crippen molar-refractivity contribution >= 4 is 10.1 Å². The minimum absolute atomic E-state index is 0.145. The Morgan fingerprint density at radius 1 is 1.64 bits per heavy atom. The predicted molar refractivity (Wildman–Crippen MR) is 41.5 cm³/mol. The molecule has 0 rings (SSSR count). The lowest BCUT2D eigenvalue weighted by Gasteiger charge is -1.97. The standard InChI is InChI=1S/C6H12O4S/c1-3-4-10-11(8,9)5-6(2)7/h5,7H,3-4H2,1-2H3. The summed E-state index contributed by atoms with van der Waals surface area (Å²) in [6.45, 7) is 3.21. The molecule has 0 bridgehead atoms. The monoisotopic (exact) mass is 180 g/mol. The van der Waals surface area contributed by atoms with Crippen LogP contribution in [-0.4, -0.2) is 20.1 Å². The summed E-state index contributed by atoms with van der Waals surface area (Å²) in [4.78, 5) is 0. The van der Waals surface area contributed by atoms with Crippen LogP contribution in [0.3, 0.4) is 0 Å². The Bertz CT molecular complexity index is 223. The molecule has 66 valence electrons. The van der Waals surface area contributed by atoms with Crippen LogP contribution in [0.15, 0.2) is 11.2 Å². The smallest absolute Gasteiger partial charge is 0.293 e. The maximum Gasteiger partial charge on any atom is 0.293 e. The molecule has 0 aromatic rings. The van der Waals surface area contributed by atoms with Gasteiger partial charge in [-0.2, -0.15) is 8.42 Å². The Labute approximate surface area is 66.6 Å². The van der Waals surface area contributed by atoms with Crippen molar-refractivity contribution in [2.75, 3.05) is 6.61 Å². The van der Waals surface area contributed by atoms with Crippen LogP contribution in [0.2, 0.25) is 0 Å². The van der Waals surface area contributed by atoms with Gasteiger partial charge in [0.2, 0.25) is 0 Å². The number of rotatable bonds is 4. The van der Waals surface area contributed by atoms with Gasteiger partial charge in [-0.1, -0.05) is 6.92 Å². The maximum atomic E-state index is 10.7. The second kappa shape index (κ2) is 4.35. The van der Waals surface area contributed by atoms with Gasteiger partial charge in [0.15, 0.2) is 0 Å². The van der Waals surface area contributed by atoms with E-state index in [0.29, 0.717) is 11.8 Å². The fraction of sp³-hybridized carbons (Fsp3) is 0.667. The van der Waals surface area contributed by atoms with E-state index in [1.54, 1.807) is 6.92 Å². The first-order valence-electron chi connectivity index (χ1n) is 3.24. The second-order valence-corrected chi connectivity index (χ2v) is 3.53. The molecule has 11 heavy (non-hydrogen) atoms. The van der Waals surface area contributed by atoms with Gasteiger partial charge >= 0.3 is 0 Å². The van der Waals surface area contributed by atoms with E-state index in [1.807, 2.05) is 0 Å². The molecule has 1 N–H and O–H groups in total. The van der Waals surface area contributed by atoms with Crippen molar-refractivity contribution in [3.63, 3.8) is 0 Å². The molecule has 4 nitrogen and oxygen atoms in total. The van der Waals surface area contributed by atoms with Crippen molar-refractivity contribution in [3.8, 4) is 0 Å². The van der Waals surface area contributed by atoms with Crippen LogP contribution in [0.4, 0.5) is 0 Å². The van der Waals surface area contributed by atoms with Gasteiger partial charge in [0.25, 0.3) is 10.1 Å². The highest BCUT2D eigenvalue weighted by atomic mass is 32.2. The number of hydrogen-bond acceptors (Lipinski definition) is 4. The first-order chi connectivity index (χ1) is 4.98. The lowest BCUT2D eigenvalue weighted by molar-refractivity contribution is 0.322. The van der Waals surface area contributed by atoms with Gasteiger partial charge in [0.05, 0.1) is 12.0 Å². The Kier molecular flexibility index (Phi) is 4.14. The normalized spacial score (nSPS) is 13.5. The van der Waals surface area contributed by atoms with Crippen LogP contribution < -0.4 is 0 Å². The highest BCUT2D eigenvalue weighted by Crippen LogP contribution is 1.99. The molecule has 0 aliphatic rings. The molecule has 0 saturated heterocycles. The molecular formula is C6H12O4S. The molecule has 0 atom stereocenters. The number of allylic oxidation sites excluding steroid dienone is 1. The summed E-state index contributed by atoms with van der Waals surface area (Å²) in [5.41, 5.74) is 0. The molecule has 0 heterocycles. The molecule has 0 amide bonds. The van der Waals surface area contributed by atoms with E-state index in [9.17, 15) is 8.42 Å². The highest BCUT2D eigenvalue weighted by Gasteiger charge is 2.05. The third-order valence-corrected chi connectivity index (χ3v) is 1.89. The van der Waals surface area contributed by atoms with Crippen molar-refractivity contribution in [3.05, 3.63) is 11.2 Å². The van der Waals surface area contributed by atoms with Crippen LogP contribution in [0.1, 0.15) is 20.3 Å². The molecule has 5 heteroatoms. The zero-order chi connectivity index (χ0) is 8.91. The zero-order valence-electron chi connectivity index (χ0n) is 6.57. The summed E-state index contributed by atoms with van der Waals surface area (Å²) < 4.78 is 25.9. The lowest BCUT2D eigenvalue weighted by atomic mass is 10.5. The minimum atomic E-state index is -3.66. The van der Waals surface area contributed by atoms with E-state index in [0.717, 1.165) is 0 Å². The summed E-state index contributed by atoms with van der Waals surface area (Å²) in [6.07, 6.45) is 0.623. The van der Waals surface area contributed by atoms with E-state index in [4.69, 9.17) is 5.11 Å². The first-order valence-corrected chi connectivity index (χ1v) is 4.72. The van der Waals surface area contributed by atoms with Crippen molar-refractivity contribution < 1.29 is 17.7 Å². The molecule has 0 fully saturated rings. The van der Waals surface area contributed by atoms with E-state index >= 15 is 0 Å². The fourth-order valence-corrected chi connectivity index (χ4v) is 1.33. The van der Waals surface area contributed by atoms with Crippen molar-refractivity contribution in [1.82, 2.24) is 0 Å². The third kappa shape index (κ3) is 5.87. The van der Waals surface area contributed by atoms with Crippen molar-refractivity contribution in [2.45, 2.75) is 20.3 Å². The number of aliphatic hydroxyl groups excluding tert-OH is 1. The summed E-state index contributed by atoms with van der Waals surface area (Å²) in [6, 6.07) is 0. The highest BCUT2D eigenvalue weighted by molar-refractivity contribution is 7.89. The van der Waals surface area contributed by atoms with Gasteiger partial charge in [-0.15, -0.1) is 0 Å². The average Bonchev–Trinajstić information content (AvgIpc) is 1.81. The van der Waals surface area contributed by atoms with E-state index < -0.39 is 10.1 Å². The Hall–Kier alpha value is -0.550. The molecular weight excluding hydrogens is 168 g/mol. The van der Waals surface area contributed by atoms with Gasteiger partial charge in [0.1, 0.15) is 5.76 Å². The summed E-state index contributed by atoms with van der Waals surface area (Å²) in [5.74, 6) is -0.277. The lowest BCUT2D eigenvalue weighted by Crippen LogP contribution is -2.03. The summed E-state index contributed by atoms with van der Waals surface area (Å²) in [7, 11) is -3.66. The van der Waals surface area contributed by atoms with Gasteiger partial charge in [-0.05, 0) is 13.3 Å². The van der Waals surface area contributed by atoms with Crippen LogP contribution in [0.25, 0.3) is 0 Å². The van der Waals surface area contributed by atoms with Gasteiger partial charge in [0, 0.05) is 0 Å². The Morgan fingerprint density at radius 3 is 2.55 bits per heavy atom. The van der Waals surface area contributed by atoms with E-state index in [-0.39, 0.29) is 12.4 Å². The summed E-state index contributed by atoms with van der Waals surface area (Å²) in [5, 5.41) is 9.27. The maximum absolute atomic E-state index is 10.7. The molecule has 0 aromatic carbocycles. The molecule has 0 spiro atoms. The summed E-state index contributed by atoms with van der Waals surface area (Å²) >= 11 is 0.